The molecular weight excluding hydrogens is 236 g/mol. The van der Waals surface area contributed by atoms with Gasteiger partial charge in [0.05, 0.1) is 18.4 Å². The first-order valence-corrected chi connectivity index (χ1v) is 7.63. The Morgan fingerprint density at radius 2 is 2.21 bits per heavy atom. The molecule has 1 aromatic heterocycles. The van der Waals surface area contributed by atoms with Crippen molar-refractivity contribution in [3.63, 3.8) is 0 Å². The summed E-state index contributed by atoms with van der Waals surface area (Å²) in [7, 11) is 0. The maximum absolute atomic E-state index is 6.04. The third-order valence-corrected chi connectivity index (χ3v) is 3.94. The van der Waals surface area contributed by atoms with Crippen LogP contribution in [-0.4, -0.2) is 17.6 Å². The number of aromatic nitrogens is 1. The van der Waals surface area contributed by atoms with E-state index in [2.05, 4.69) is 24.1 Å². The van der Waals surface area contributed by atoms with Crippen LogP contribution in [0.4, 0.5) is 5.82 Å². The van der Waals surface area contributed by atoms with Crippen LogP contribution in [0.2, 0.25) is 0 Å². The minimum atomic E-state index is 0.434. The summed E-state index contributed by atoms with van der Waals surface area (Å²) in [6.07, 6.45) is 6.85. The molecule has 19 heavy (non-hydrogen) atoms. The highest BCUT2D eigenvalue weighted by Gasteiger charge is 2.21. The molecule has 2 unspecified atom stereocenters. The van der Waals surface area contributed by atoms with Crippen molar-refractivity contribution in [2.45, 2.75) is 58.7 Å². The molecule has 1 aliphatic carbocycles. The Labute approximate surface area is 116 Å². The third kappa shape index (κ3) is 4.50. The van der Waals surface area contributed by atoms with Gasteiger partial charge in [0.2, 0.25) is 0 Å². The zero-order valence-corrected chi connectivity index (χ0v) is 12.2. The normalized spacial score (nSPS) is 23.3. The lowest BCUT2D eigenvalue weighted by molar-refractivity contribution is 0.000392. The molecule has 0 amide bonds. The molecule has 1 aliphatic rings. The van der Waals surface area contributed by atoms with Crippen LogP contribution in [0.3, 0.4) is 0 Å². The van der Waals surface area contributed by atoms with Gasteiger partial charge in [-0.3, -0.25) is 0 Å². The number of ether oxygens (including phenoxy) is 1. The van der Waals surface area contributed by atoms with Crippen LogP contribution in [0.25, 0.3) is 0 Å². The predicted molar refractivity (Wildman–Crippen MR) is 79.2 cm³/mol. The van der Waals surface area contributed by atoms with E-state index < -0.39 is 0 Å². The van der Waals surface area contributed by atoms with Gasteiger partial charge in [-0.05, 0) is 37.8 Å². The molecule has 1 heterocycles. The summed E-state index contributed by atoms with van der Waals surface area (Å²) in [5, 5.41) is 3.24. The Bertz CT molecular complexity index is 381. The van der Waals surface area contributed by atoms with Gasteiger partial charge in [-0.25, -0.2) is 4.98 Å². The highest BCUT2D eigenvalue weighted by Crippen LogP contribution is 2.28. The highest BCUT2D eigenvalue weighted by molar-refractivity contribution is 5.34. The van der Waals surface area contributed by atoms with Crippen LogP contribution in [0.15, 0.2) is 18.2 Å². The van der Waals surface area contributed by atoms with E-state index in [1.165, 1.54) is 32.1 Å². The van der Waals surface area contributed by atoms with Gasteiger partial charge in [0.1, 0.15) is 5.82 Å². The van der Waals surface area contributed by atoms with E-state index >= 15 is 0 Å². The summed E-state index contributed by atoms with van der Waals surface area (Å²) < 4.78 is 6.04. The van der Waals surface area contributed by atoms with Crippen molar-refractivity contribution in [1.82, 2.24) is 4.98 Å². The second kappa shape index (κ2) is 7.49. The molecule has 2 rings (SSSR count). The highest BCUT2D eigenvalue weighted by atomic mass is 16.5. The van der Waals surface area contributed by atoms with Gasteiger partial charge in [0, 0.05) is 6.54 Å². The molecule has 2 atom stereocenters. The maximum Gasteiger partial charge on any atom is 0.126 e. The molecule has 0 saturated heterocycles. The van der Waals surface area contributed by atoms with Crippen molar-refractivity contribution in [2.24, 2.45) is 5.92 Å². The summed E-state index contributed by atoms with van der Waals surface area (Å²) >= 11 is 0. The molecule has 0 bridgehead atoms. The van der Waals surface area contributed by atoms with Crippen molar-refractivity contribution in [1.29, 1.82) is 0 Å². The molecule has 0 aliphatic heterocycles. The van der Waals surface area contributed by atoms with Crippen molar-refractivity contribution in [2.75, 3.05) is 11.9 Å². The molecular formula is C16H26N2O. The Hall–Kier alpha value is -1.09. The van der Waals surface area contributed by atoms with E-state index in [1.54, 1.807) is 0 Å². The zero-order chi connectivity index (χ0) is 13.5. The number of nitrogens with one attached hydrogen (secondary N) is 1. The number of hydrogen-bond acceptors (Lipinski definition) is 3. The quantitative estimate of drug-likeness (QED) is 0.841. The van der Waals surface area contributed by atoms with Crippen LogP contribution in [0.1, 0.15) is 51.6 Å². The second-order valence-corrected chi connectivity index (χ2v) is 5.42. The lowest BCUT2D eigenvalue weighted by Gasteiger charge is -2.28. The average Bonchev–Trinajstić information content (AvgIpc) is 2.46. The first kappa shape index (κ1) is 14.3. The van der Waals surface area contributed by atoms with E-state index in [1.807, 2.05) is 18.2 Å². The van der Waals surface area contributed by atoms with Crippen LogP contribution in [-0.2, 0) is 11.3 Å². The van der Waals surface area contributed by atoms with E-state index in [0.717, 1.165) is 24.0 Å². The van der Waals surface area contributed by atoms with E-state index in [9.17, 15) is 0 Å². The molecule has 1 aromatic rings. The number of rotatable bonds is 6. The van der Waals surface area contributed by atoms with Crippen molar-refractivity contribution < 1.29 is 4.74 Å². The van der Waals surface area contributed by atoms with Gasteiger partial charge in [-0.1, -0.05) is 32.3 Å². The molecule has 1 saturated carbocycles. The largest absolute Gasteiger partial charge is 0.372 e. The fraction of sp³-hybridized carbons (Fsp3) is 0.688. The Morgan fingerprint density at radius 1 is 1.32 bits per heavy atom. The number of hydrogen-bond donors (Lipinski definition) is 1. The van der Waals surface area contributed by atoms with Gasteiger partial charge >= 0.3 is 0 Å². The predicted octanol–water partition coefficient (Wildman–Crippen LogP) is 4.00. The summed E-state index contributed by atoms with van der Waals surface area (Å²) in [5.74, 6) is 1.80. The lowest BCUT2D eigenvalue weighted by atomic mass is 9.85. The fourth-order valence-corrected chi connectivity index (χ4v) is 2.81. The maximum atomic E-state index is 6.04. The van der Waals surface area contributed by atoms with E-state index in [0.29, 0.717) is 12.7 Å². The summed E-state index contributed by atoms with van der Waals surface area (Å²) in [6, 6.07) is 6.08. The van der Waals surface area contributed by atoms with Crippen molar-refractivity contribution in [3.05, 3.63) is 23.9 Å². The number of anilines is 1. The molecule has 3 nitrogen and oxygen atoms in total. The van der Waals surface area contributed by atoms with Crippen LogP contribution >= 0.6 is 0 Å². The van der Waals surface area contributed by atoms with E-state index in [4.69, 9.17) is 4.74 Å². The molecule has 0 aromatic carbocycles. The van der Waals surface area contributed by atoms with Gasteiger partial charge < -0.3 is 10.1 Å². The van der Waals surface area contributed by atoms with Gasteiger partial charge in [0.25, 0.3) is 0 Å². The lowest BCUT2D eigenvalue weighted by Crippen LogP contribution is -2.22. The Balaban J connectivity index is 1.82. The Morgan fingerprint density at radius 3 is 3.00 bits per heavy atom. The first-order valence-electron chi connectivity index (χ1n) is 7.63. The van der Waals surface area contributed by atoms with Crippen LogP contribution in [0.5, 0.6) is 0 Å². The Kier molecular flexibility index (Phi) is 5.64. The van der Waals surface area contributed by atoms with Gasteiger partial charge in [-0.15, -0.1) is 0 Å². The average molecular weight is 262 g/mol. The number of pyridine rings is 1. The molecule has 3 heteroatoms. The van der Waals surface area contributed by atoms with Crippen LogP contribution < -0.4 is 5.32 Å². The fourth-order valence-electron chi connectivity index (χ4n) is 2.81. The van der Waals surface area contributed by atoms with Crippen molar-refractivity contribution >= 4 is 5.82 Å². The van der Waals surface area contributed by atoms with Gasteiger partial charge in [0.15, 0.2) is 0 Å². The van der Waals surface area contributed by atoms with E-state index in [-0.39, 0.29) is 0 Å². The standard InChI is InChI=1S/C16H26N2O/c1-3-13-7-5-9-15(11-13)19-12-14-8-6-10-16(18-14)17-4-2/h6,8,10,13,15H,3-5,7,9,11-12H2,1-2H3,(H,17,18). The summed E-state index contributed by atoms with van der Waals surface area (Å²) in [4.78, 5) is 4.55. The molecule has 106 valence electrons. The minimum Gasteiger partial charge on any atom is -0.372 e. The van der Waals surface area contributed by atoms with Crippen molar-refractivity contribution in [3.8, 4) is 0 Å². The zero-order valence-electron chi connectivity index (χ0n) is 12.2. The molecule has 1 fully saturated rings. The monoisotopic (exact) mass is 262 g/mol. The number of nitrogens with zero attached hydrogens (tertiary/aromatic N) is 1. The summed E-state index contributed by atoms with van der Waals surface area (Å²) in [6.45, 7) is 5.91. The third-order valence-electron chi connectivity index (χ3n) is 3.94. The molecule has 0 spiro atoms. The minimum absolute atomic E-state index is 0.434. The van der Waals surface area contributed by atoms with Gasteiger partial charge in [-0.2, -0.15) is 0 Å². The smallest absolute Gasteiger partial charge is 0.126 e. The van der Waals surface area contributed by atoms with Crippen LogP contribution in [0, 0.1) is 5.92 Å². The topological polar surface area (TPSA) is 34.1 Å². The first-order chi connectivity index (χ1) is 9.31. The SMILES string of the molecule is CCNc1cccc(COC2CCCC(CC)C2)n1. The molecule has 0 radical (unpaired) electrons. The second-order valence-electron chi connectivity index (χ2n) is 5.42. The summed E-state index contributed by atoms with van der Waals surface area (Å²) in [5.41, 5.74) is 1.03. The molecule has 1 N–H and O–H groups in total.